The van der Waals surface area contributed by atoms with Crippen LogP contribution in [0.3, 0.4) is 0 Å². The van der Waals surface area contributed by atoms with Gasteiger partial charge in [0.1, 0.15) is 0 Å². The smallest absolute Gasteiger partial charge is 0.304 e. The van der Waals surface area contributed by atoms with Gasteiger partial charge in [-0.1, -0.05) is 17.7 Å². The molecule has 4 nitrogen and oxygen atoms in total. The van der Waals surface area contributed by atoms with E-state index in [1.807, 2.05) is 13.8 Å². The third kappa shape index (κ3) is 3.37. The summed E-state index contributed by atoms with van der Waals surface area (Å²) in [6, 6.07) is 5.16. The Morgan fingerprint density at radius 1 is 1.56 bits per heavy atom. The van der Waals surface area contributed by atoms with E-state index in [2.05, 4.69) is 0 Å². The Morgan fingerprint density at radius 3 is 2.61 bits per heavy atom. The van der Waals surface area contributed by atoms with Gasteiger partial charge in [-0.2, -0.15) is 0 Å². The van der Waals surface area contributed by atoms with Gasteiger partial charge in [-0.25, -0.2) is 0 Å². The van der Waals surface area contributed by atoms with E-state index in [-0.39, 0.29) is 12.3 Å². The zero-order valence-electron chi connectivity index (χ0n) is 10.7. The number of carboxylic acid groups (broad SMARTS) is 1. The van der Waals surface area contributed by atoms with Crippen LogP contribution in [0.4, 0.5) is 5.69 Å². The van der Waals surface area contributed by atoms with E-state index in [1.165, 1.54) is 0 Å². The highest BCUT2D eigenvalue weighted by molar-refractivity contribution is 6.33. The molecule has 1 rings (SSSR count). The van der Waals surface area contributed by atoms with Gasteiger partial charge >= 0.3 is 5.97 Å². The third-order valence-corrected chi connectivity index (χ3v) is 3.51. The van der Waals surface area contributed by atoms with Crippen molar-refractivity contribution in [3.05, 3.63) is 28.8 Å². The molecule has 0 saturated carbocycles. The predicted octanol–water partition coefficient (Wildman–Crippen LogP) is 2.91. The van der Waals surface area contributed by atoms with Crippen LogP contribution in [0.1, 0.15) is 31.7 Å². The van der Waals surface area contributed by atoms with Crippen molar-refractivity contribution in [1.82, 2.24) is 0 Å². The van der Waals surface area contributed by atoms with Crippen molar-refractivity contribution in [3.63, 3.8) is 0 Å². The number of methoxy groups -OCH3 is 1. The van der Waals surface area contributed by atoms with E-state index in [4.69, 9.17) is 27.2 Å². The van der Waals surface area contributed by atoms with Crippen LogP contribution in [0.15, 0.2) is 18.2 Å². The lowest BCUT2D eigenvalue weighted by atomic mass is 9.82. The number of ether oxygens (including phenoxy) is 1. The number of hydrogen-bond acceptors (Lipinski definition) is 3. The SMILES string of the molecule is COC(C)(C)C(CC(=O)O)c1ccc(Cl)c(N)c1. The molecule has 5 heteroatoms. The minimum Gasteiger partial charge on any atom is -0.481 e. The van der Waals surface area contributed by atoms with Crippen LogP contribution >= 0.6 is 11.6 Å². The first-order valence-electron chi connectivity index (χ1n) is 5.59. The second kappa shape index (κ2) is 5.59. The Balaban J connectivity index is 3.17. The van der Waals surface area contributed by atoms with Gasteiger partial charge < -0.3 is 15.6 Å². The lowest BCUT2D eigenvalue weighted by Crippen LogP contribution is -2.33. The van der Waals surface area contributed by atoms with E-state index >= 15 is 0 Å². The van der Waals surface area contributed by atoms with Crippen molar-refractivity contribution in [1.29, 1.82) is 0 Å². The fraction of sp³-hybridized carbons (Fsp3) is 0.462. The molecule has 1 aromatic rings. The number of nitrogen functional groups attached to an aromatic ring is 1. The molecule has 0 aromatic heterocycles. The molecule has 0 amide bonds. The van der Waals surface area contributed by atoms with E-state index < -0.39 is 11.6 Å². The summed E-state index contributed by atoms with van der Waals surface area (Å²) < 4.78 is 5.39. The minimum atomic E-state index is -0.876. The van der Waals surface area contributed by atoms with E-state index in [9.17, 15) is 4.79 Å². The molecular formula is C13H18ClNO3. The first-order chi connectivity index (χ1) is 8.27. The number of carboxylic acids is 1. The first-order valence-corrected chi connectivity index (χ1v) is 5.97. The summed E-state index contributed by atoms with van der Waals surface area (Å²) in [5, 5.41) is 9.48. The number of nitrogens with two attached hydrogens (primary N) is 1. The molecule has 1 unspecified atom stereocenters. The fourth-order valence-corrected chi connectivity index (χ4v) is 1.98. The van der Waals surface area contributed by atoms with Crippen LogP contribution in [-0.2, 0) is 9.53 Å². The maximum Gasteiger partial charge on any atom is 0.304 e. The second-order valence-electron chi connectivity index (χ2n) is 4.74. The van der Waals surface area contributed by atoms with Crippen LogP contribution in [0.5, 0.6) is 0 Å². The lowest BCUT2D eigenvalue weighted by molar-refractivity contribution is -0.139. The molecule has 18 heavy (non-hydrogen) atoms. The number of halogens is 1. The third-order valence-electron chi connectivity index (χ3n) is 3.17. The molecule has 100 valence electrons. The summed E-state index contributed by atoms with van der Waals surface area (Å²) in [4.78, 5) is 11.0. The van der Waals surface area contributed by atoms with Crippen LogP contribution in [0, 0.1) is 0 Å². The van der Waals surface area contributed by atoms with E-state index in [0.717, 1.165) is 5.56 Å². The van der Waals surface area contributed by atoms with Crippen molar-refractivity contribution in [2.75, 3.05) is 12.8 Å². The summed E-state index contributed by atoms with van der Waals surface area (Å²) in [6.07, 6.45) is -0.0259. The largest absolute Gasteiger partial charge is 0.481 e. The van der Waals surface area contributed by atoms with Crippen molar-refractivity contribution in [2.45, 2.75) is 31.8 Å². The molecule has 0 spiro atoms. The molecule has 0 heterocycles. The van der Waals surface area contributed by atoms with Crippen LogP contribution in [0.2, 0.25) is 5.02 Å². The lowest BCUT2D eigenvalue weighted by Gasteiger charge is -2.32. The van der Waals surface area contributed by atoms with Gasteiger partial charge in [-0.05, 0) is 31.5 Å². The summed E-state index contributed by atoms with van der Waals surface area (Å²) in [6.45, 7) is 3.71. The normalized spacial score (nSPS) is 13.3. The number of hydrogen-bond donors (Lipinski definition) is 2. The van der Waals surface area contributed by atoms with Gasteiger partial charge in [0.15, 0.2) is 0 Å². The summed E-state index contributed by atoms with van der Waals surface area (Å²) in [5.41, 5.74) is 6.41. The van der Waals surface area contributed by atoms with E-state index in [0.29, 0.717) is 10.7 Å². The van der Waals surface area contributed by atoms with Gasteiger partial charge in [-0.15, -0.1) is 0 Å². The summed E-state index contributed by atoms with van der Waals surface area (Å²) in [5.74, 6) is -1.17. The van der Waals surface area contributed by atoms with Gasteiger partial charge in [0, 0.05) is 13.0 Å². The van der Waals surface area contributed by atoms with Crippen LogP contribution in [0.25, 0.3) is 0 Å². The number of benzene rings is 1. The summed E-state index contributed by atoms with van der Waals surface area (Å²) >= 11 is 5.87. The summed E-state index contributed by atoms with van der Waals surface area (Å²) in [7, 11) is 1.56. The number of anilines is 1. The molecule has 0 saturated heterocycles. The molecule has 0 bridgehead atoms. The topological polar surface area (TPSA) is 72.5 Å². The minimum absolute atomic E-state index is 0.0259. The molecule has 0 fully saturated rings. The maximum atomic E-state index is 11.0. The van der Waals surface area contributed by atoms with Crippen molar-refractivity contribution >= 4 is 23.3 Å². The van der Waals surface area contributed by atoms with E-state index in [1.54, 1.807) is 25.3 Å². The fourth-order valence-electron chi connectivity index (χ4n) is 1.86. The van der Waals surface area contributed by atoms with Crippen molar-refractivity contribution < 1.29 is 14.6 Å². The monoisotopic (exact) mass is 271 g/mol. The van der Waals surface area contributed by atoms with Crippen LogP contribution < -0.4 is 5.73 Å². The van der Waals surface area contributed by atoms with Crippen molar-refractivity contribution in [3.8, 4) is 0 Å². The van der Waals surface area contributed by atoms with Gasteiger partial charge in [-0.3, -0.25) is 4.79 Å². The maximum absolute atomic E-state index is 11.0. The molecule has 0 radical (unpaired) electrons. The Bertz CT molecular complexity index is 446. The molecule has 1 aromatic carbocycles. The molecule has 0 aliphatic carbocycles. The highest BCUT2D eigenvalue weighted by Crippen LogP contribution is 2.35. The second-order valence-corrected chi connectivity index (χ2v) is 5.15. The highest BCUT2D eigenvalue weighted by atomic mass is 35.5. The zero-order chi connectivity index (χ0) is 13.9. The highest BCUT2D eigenvalue weighted by Gasteiger charge is 2.32. The average Bonchev–Trinajstić information content (AvgIpc) is 2.29. The Hall–Kier alpha value is -1.26. The Morgan fingerprint density at radius 2 is 2.17 bits per heavy atom. The molecule has 0 aliphatic rings. The standard InChI is InChI=1S/C13H18ClNO3/c1-13(2,18-3)9(7-12(16)17)8-4-5-10(14)11(15)6-8/h4-6,9H,7,15H2,1-3H3,(H,16,17). The average molecular weight is 272 g/mol. The Kier molecular flexibility index (Phi) is 4.59. The quantitative estimate of drug-likeness (QED) is 0.808. The number of rotatable bonds is 5. The molecule has 1 atom stereocenters. The first kappa shape index (κ1) is 14.8. The van der Waals surface area contributed by atoms with Gasteiger partial charge in [0.2, 0.25) is 0 Å². The number of aliphatic carboxylic acids is 1. The predicted molar refractivity (Wildman–Crippen MR) is 71.9 cm³/mol. The Labute approximate surface area is 112 Å². The molecule has 0 aliphatic heterocycles. The zero-order valence-corrected chi connectivity index (χ0v) is 11.5. The van der Waals surface area contributed by atoms with Gasteiger partial charge in [0.05, 0.1) is 22.7 Å². The molecule has 3 N–H and O–H groups in total. The number of carbonyl (C=O) groups is 1. The van der Waals surface area contributed by atoms with Crippen LogP contribution in [-0.4, -0.2) is 23.8 Å². The molecular weight excluding hydrogens is 254 g/mol. The van der Waals surface area contributed by atoms with Crippen molar-refractivity contribution in [2.24, 2.45) is 0 Å². The van der Waals surface area contributed by atoms with Gasteiger partial charge in [0.25, 0.3) is 0 Å².